The SMILES string of the molecule is C=O.CC.CC.COC(=O)Cc1nc2cnc3nc(OC)ccc3c2n1Cc1ccc(C)c(F)c1. The number of esters is 1. The molecule has 0 fully saturated rings. The fourth-order valence-corrected chi connectivity index (χ4v) is 3.27. The maximum Gasteiger partial charge on any atom is 0.313 e. The lowest BCUT2D eigenvalue weighted by Crippen LogP contribution is -2.12. The Morgan fingerprint density at radius 3 is 2.34 bits per heavy atom. The van der Waals surface area contributed by atoms with Crippen molar-refractivity contribution in [3.8, 4) is 5.88 Å². The van der Waals surface area contributed by atoms with Crippen LogP contribution in [-0.2, 0) is 27.3 Å². The summed E-state index contributed by atoms with van der Waals surface area (Å²) in [6.45, 7) is 12.1. The Labute approximate surface area is 205 Å². The van der Waals surface area contributed by atoms with Gasteiger partial charge >= 0.3 is 5.97 Å². The van der Waals surface area contributed by atoms with Crippen molar-refractivity contribution >= 4 is 34.8 Å². The van der Waals surface area contributed by atoms with E-state index in [1.807, 2.05) is 51.2 Å². The molecule has 1 aromatic carbocycles. The Hall–Kier alpha value is -3.88. The second kappa shape index (κ2) is 14.4. The van der Waals surface area contributed by atoms with Crippen LogP contribution in [0.15, 0.2) is 36.5 Å². The molecule has 35 heavy (non-hydrogen) atoms. The highest BCUT2D eigenvalue weighted by Crippen LogP contribution is 2.27. The first kappa shape index (κ1) is 29.2. The molecule has 0 saturated heterocycles. The molecule has 0 radical (unpaired) electrons. The van der Waals surface area contributed by atoms with Crippen LogP contribution in [0.4, 0.5) is 4.39 Å². The molecule has 0 saturated carbocycles. The zero-order chi connectivity index (χ0) is 26.5. The number of pyridine rings is 2. The molecular weight excluding hydrogens is 451 g/mol. The normalized spacial score (nSPS) is 9.71. The summed E-state index contributed by atoms with van der Waals surface area (Å²) in [5.74, 6) is 0.275. The van der Waals surface area contributed by atoms with Crippen molar-refractivity contribution in [2.24, 2.45) is 0 Å². The molecule has 188 valence electrons. The topological polar surface area (TPSA) is 96.2 Å². The number of halogens is 1. The van der Waals surface area contributed by atoms with Crippen molar-refractivity contribution in [2.75, 3.05) is 14.2 Å². The van der Waals surface area contributed by atoms with E-state index in [-0.39, 0.29) is 12.2 Å². The molecule has 4 aromatic rings. The van der Waals surface area contributed by atoms with Gasteiger partial charge in [0.1, 0.15) is 30.4 Å². The molecule has 0 amide bonds. The first-order chi connectivity index (χ1) is 17.0. The molecule has 0 aliphatic rings. The molecule has 0 aliphatic carbocycles. The summed E-state index contributed by atoms with van der Waals surface area (Å²) in [5, 5.41) is 0.763. The van der Waals surface area contributed by atoms with Gasteiger partial charge in [-0.1, -0.05) is 39.8 Å². The second-order valence-corrected chi connectivity index (χ2v) is 6.67. The van der Waals surface area contributed by atoms with E-state index >= 15 is 0 Å². The third-order valence-electron chi connectivity index (χ3n) is 4.80. The molecule has 3 heterocycles. The first-order valence-electron chi connectivity index (χ1n) is 11.3. The molecule has 4 rings (SSSR count). The van der Waals surface area contributed by atoms with Crippen molar-refractivity contribution in [3.05, 3.63) is 59.3 Å². The summed E-state index contributed by atoms with van der Waals surface area (Å²) in [6, 6.07) is 8.68. The smallest absolute Gasteiger partial charge is 0.313 e. The Morgan fingerprint density at radius 1 is 1.06 bits per heavy atom. The molecule has 0 aliphatic heterocycles. The van der Waals surface area contributed by atoms with Gasteiger partial charge in [-0.3, -0.25) is 4.79 Å². The molecular formula is C26H33FN4O4. The molecule has 8 nitrogen and oxygen atoms in total. The number of imidazole rings is 1. The van der Waals surface area contributed by atoms with E-state index in [1.165, 1.54) is 20.3 Å². The zero-order valence-corrected chi connectivity index (χ0v) is 21.4. The van der Waals surface area contributed by atoms with Gasteiger partial charge in [0.05, 0.1) is 25.9 Å². The average molecular weight is 485 g/mol. The van der Waals surface area contributed by atoms with Crippen LogP contribution >= 0.6 is 0 Å². The number of benzene rings is 1. The van der Waals surface area contributed by atoms with Crippen molar-refractivity contribution < 1.29 is 23.5 Å². The van der Waals surface area contributed by atoms with E-state index in [2.05, 4.69) is 15.0 Å². The average Bonchev–Trinajstić information content (AvgIpc) is 3.26. The van der Waals surface area contributed by atoms with E-state index in [9.17, 15) is 9.18 Å². The number of methoxy groups -OCH3 is 2. The monoisotopic (exact) mass is 484 g/mol. The standard InChI is InChI=1S/C21H19FN4O3.2C2H6.CH2O/c1-12-4-5-13(8-15(12)22)11-26-17(9-19(27)29-3)24-16-10-23-21-14(20(16)26)6-7-18(25-21)28-2;3*1-2/h4-8,10H,9,11H2,1-3H3;2*1-2H3;1H2. The zero-order valence-electron chi connectivity index (χ0n) is 21.4. The van der Waals surface area contributed by atoms with E-state index in [0.29, 0.717) is 35.0 Å². The van der Waals surface area contributed by atoms with Crippen molar-refractivity contribution in [3.63, 3.8) is 0 Å². The van der Waals surface area contributed by atoms with Crippen LogP contribution in [0.5, 0.6) is 5.88 Å². The van der Waals surface area contributed by atoms with Gasteiger partial charge in [0.15, 0.2) is 5.65 Å². The maximum atomic E-state index is 14.1. The predicted molar refractivity (Wildman–Crippen MR) is 135 cm³/mol. The molecule has 0 bridgehead atoms. The summed E-state index contributed by atoms with van der Waals surface area (Å²) in [5.41, 5.74) is 3.22. The second-order valence-electron chi connectivity index (χ2n) is 6.67. The maximum absolute atomic E-state index is 14.1. The van der Waals surface area contributed by atoms with Crippen LogP contribution in [-0.4, -0.2) is 46.5 Å². The van der Waals surface area contributed by atoms with Gasteiger partial charge in [-0.15, -0.1) is 0 Å². The molecule has 0 N–H and O–H groups in total. The van der Waals surface area contributed by atoms with Crippen LogP contribution in [0.1, 0.15) is 44.6 Å². The van der Waals surface area contributed by atoms with Gasteiger partial charge < -0.3 is 18.8 Å². The number of hydrogen-bond donors (Lipinski definition) is 0. The largest absolute Gasteiger partial charge is 0.481 e. The summed E-state index contributed by atoms with van der Waals surface area (Å²) in [6.07, 6.45) is 1.60. The third-order valence-corrected chi connectivity index (χ3v) is 4.80. The lowest BCUT2D eigenvalue weighted by molar-refractivity contribution is -0.139. The summed E-state index contributed by atoms with van der Waals surface area (Å²) in [7, 11) is 2.87. The van der Waals surface area contributed by atoms with Crippen LogP contribution in [0, 0.1) is 12.7 Å². The number of hydrogen-bond acceptors (Lipinski definition) is 7. The first-order valence-corrected chi connectivity index (χ1v) is 11.3. The van der Waals surface area contributed by atoms with Crippen molar-refractivity contribution in [1.29, 1.82) is 0 Å². The number of aromatic nitrogens is 4. The molecule has 0 atom stereocenters. The van der Waals surface area contributed by atoms with Crippen molar-refractivity contribution in [2.45, 2.75) is 47.6 Å². The highest BCUT2D eigenvalue weighted by Gasteiger charge is 2.18. The number of rotatable bonds is 5. The Bertz CT molecular complexity index is 1260. The van der Waals surface area contributed by atoms with Gasteiger partial charge in [-0.25, -0.2) is 14.4 Å². The highest BCUT2D eigenvalue weighted by atomic mass is 19.1. The minimum atomic E-state index is -0.409. The Balaban J connectivity index is 0.000000949. The third kappa shape index (κ3) is 6.81. The van der Waals surface area contributed by atoms with Crippen LogP contribution in [0.2, 0.25) is 0 Å². The minimum absolute atomic E-state index is 0.00933. The van der Waals surface area contributed by atoms with E-state index < -0.39 is 5.97 Å². The molecule has 9 heteroatoms. The van der Waals surface area contributed by atoms with E-state index in [4.69, 9.17) is 14.3 Å². The number of aryl methyl sites for hydroxylation is 1. The lowest BCUT2D eigenvalue weighted by atomic mass is 10.1. The highest BCUT2D eigenvalue weighted by molar-refractivity contribution is 6.01. The fraction of sp³-hybridized carbons (Fsp3) is 0.346. The predicted octanol–water partition coefficient (Wildman–Crippen LogP) is 5.07. The van der Waals surface area contributed by atoms with Gasteiger partial charge in [-0.2, -0.15) is 4.98 Å². The number of nitrogens with zero attached hydrogens (tertiary/aromatic N) is 4. The van der Waals surface area contributed by atoms with Gasteiger partial charge in [0.25, 0.3) is 0 Å². The fourth-order valence-electron chi connectivity index (χ4n) is 3.27. The molecule has 0 unspecified atom stereocenters. The van der Waals surface area contributed by atoms with Gasteiger partial charge in [-0.05, 0) is 30.2 Å². The lowest BCUT2D eigenvalue weighted by Gasteiger charge is -2.11. The van der Waals surface area contributed by atoms with Gasteiger partial charge in [0.2, 0.25) is 5.88 Å². The van der Waals surface area contributed by atoms with E-state index in [0.717, 1.165) is 16.5 Å². The van der Waals surface area contributed by atoms with E-state index in [1.54, 1.807) is 25.3 Å². The number of carbonyl (C=O) groups excluding carboxylic acids is 2. The molecule has 3 aromatic heterocycles. The quantitative estimate of drug-likeness (QED) is 0.365. The van der Waals surface area contributed by atoms with Gasteiger partial charge in [0, 0.05) is 18.0 Å². The number of fused-ring (bicyclic) bond motifs is 3. The Morgan fingerprint density at radius 2 is 1.74 bits per heavy atom. The van der Waals surface area contributed by atoms with Crippen LogP contribution < -0.4 is 4.74 Å². The van der Waals surface area contributed by atoms with Crippen LogP contribution in [0.3, 0.4) is 0 Å². The minimum Gasteiger partial charge on any atom is -0.481 e. The van der Waals surface area contributed by atoms with Crippen molar-refractivity contribution in [1.82, 2.24) is 19.5 Å². The van der Waals surface area contributed by atoms with Crippen LogP contribution in [0.25, 0.3) is 22.1 Å². The molecule has 0 spiro atoms. The Kier molecular flexibility index (Phi) is 12.0. The summed E-state index contributed by atoms with van der Waals surface area (Å²) >= 11 is 0. The summed E-state index contributed by atoms with van der Waals surface area (Å²) in [4.78, 5) is 33.2. The number of ether oxygens (including phenoxy) is 2. The summed E-state index contributed by atoms with van der Waals surface area (Å²) < 4.78 is 26.0. The number of carbonyl (C=O) groups is 2.